The highest BCUT2D eigenvalue weighted by Gasteiger charge is 2.30. The first-order chi connectivity index (χ1) is 5.65. The quantitative estimate of drug-likeness (QED) is 0.530. The number of hydrogen-bond donors (Lipinski definition) is 0. The molecule has 5 nitrogen and oxygen atoms in total. The molecule has 0 radical (unpaired) electrons. The van der Waals surface area contributed by atoms with Crippen molar-refractivity contribution in [3.8, 4) is 0 Å². The Balaban J connectivity index is 2.56. The van der Waals surface area contributed by atoms with Gasteiger partial charge in [-0.05, 0) is 0 Å². The molecule has 66 valence electrons. The summed E-state index contributed by atoms with van der Waals surface area (Å²) in [4.78, 5) is 33.5. The van der Waals surface area contributed by atoms with Crippen molar-refractivity contribution in [1.29, 1.82) is 0 Å². The van der Waals surface area contributed by atoms with Gasteiger partial charge in [-0.15, -0.1) is 0 Å². The number of nitrogens with zero attached hydrogens (tertiary/aromatic N) is 1. The molecular formula is C6H6INO4. The van der Waals surface area contributed by atoms with Gasteiger partial charge in [-0.3, -0.25) is 14.5 Å². The smallest absolute Gasteiger partial charge is 0.335 e. The topological polar surface area (TPSA) is 63.7 Å². The van der Waals surface area contributed by atoms with Crippen molar-refractivity contribution in [3.05, 3.63) is 0 Å². The third-order valence-electron chi connectivity index (χ3n) is 1.53. The molecule has 0 aromatic rings. The molecule has 0 aliphatic carbocycles. The van der Waals surface area contributed by atoms with Gasteiger partial charge >= 0.3 is 5.97 Å². The third kappa shape index (κ3) is 1.93. The second kappa shape index (κ2) is 3.83. The largest absolute Gasteiger partial charge is 0.393 e. The van der Waals surface area contributed by atoms with Crippen LogP contribution in [-0.4, -0.2) is 29.2 Å². The SMILES string of the molecule is O=C(CN1C(=O)CCC1=O)OI. The molecule has 0 N–H and O–H groups in total. The van der Waals surface area contributed by atoms with E-state index in [1.54, 1.807) is 0 Å². The summed E-state index contributed by atoms with van der Waals surface area (Å²) >= 11 is 1.42. The summed E-state index contributed by atoms with van der Waals surface area (Å²) < 4.78 is 4.29. The molecule has 0 aromatic carbocycles. The molecule has 1 saturated heterocycles. The lowest BCUT2D eigenvalue weighted by molar-refractivity contribution is -0.145. The molecule has 2 amide bonds. The number of rotatable bonds is 2. The average molecular weight is 283 g/mol. The van der Waals surface area contributed by atoms with E-state index in [9.17, 15) is 14.4 Å². The Hall–Kier alpha value is -0.660. The van der Waals surface area contributed by atoms with E-state index < -0.39 is 5.97 Å². The molecule has 1 rings (SSSR count). The maximum Gasteiger partial charge on any atom is 0.335 e. The minimum Gasteiger partial charge on any atom is -0.393 e. The second-order valence-electron chi connectivity index (χ2n) is 2.32. The van der Waals surface area contributed by atoms with Crippen LogP contribution in [0.1, 0.15) is 12.8 Å². The van der Waals surface area contributed by atoms with Gasteiger partial charge in [0.25, 0.3) is 0 Å². The van der Waals surface area contributed by atoms with Crippen molar-refractivity contribution < 1.29 is 17.4 Å². The van der Waals surface area contributed by atoms with E-state index in [2.05, 4.69) is 3.07 Å². The zero-order valence-electron chi connectivity index (χ0n) is 6.08. The van der Waals surface area contributed by atoms with E-state index in [0.717, 1.165) is 4.90 Å². The molecule has 0 saturated carbocycles. The molecule has 1 aliphatic rings. The zero-order chi connectivity index (χ0) is 9.14. The van der Waals surface area contributed by atoms with Crippen molar-refractivity contribution >= 4 is 40.8 Å². The molecular weight excluding hydrogens is 277 g/mol. The van der Waals surface area contributed by atoms with Crippen LogP contribution in [0, 0.1) is 0 Å². The van der Waals surface area contributed by atoms with E-state index in [1.165, 1.54) is 23.0 Å². The van der Waals surface area contributed by atoms with Crippen molar-refractivity contribution in [2.24, 2.45) is 0 Å². The van der Waals surface area contributed by atoms with Crippen molar-refractivity contribution in [2.45, 2.75) is 12.8 Å². The van der Waals surface area contributed by atoms with Crippen LogP contribution >= 0.6 is 23.0 Å². The van der Waals surface area contributed by atoms with Crippen LogP contribution < -0.4 is 0 Å². The Morgan fingerprint density at radius 3 is 2.33 bits per heavy atom. The normalized spacial score (nSPS) is 16.9. The van der Waals surface area contributed by atoms with Crippen LogP contribution in [0.3, 0.4) is 0 Å². The fourth-order valence-corrected chi connectivity index (χ4v) is 1.09. The summed E-state index contributed by atoms with van der Waals surface area (Å²) in [6.45, 7) is -0.263. The van der Waals surface area contributed by atoms with E-state index in [-0.39, 0.29) is 31.2 Å². The van der Waals surface area contributed by atoms with Gasteiger partial charge in [0.1, 0.15) is 6.54 Å². The molecule has 0 atom stereocenters. The van der Waals surface area contributed by atoms with Gasteiger partial charge in [0, 0.05) is 12.8 Å². The van der Waals surface area contributed by atoms with Crippen molar-refractivity contribution in [1.82, 2.24) is 4.90 Å². The summed E-state index contributed by atoms with van der Waals surface area (Å²) in [6.07, 6.45) is 0.403. The van der Waals surface area contributed by atoms with E-state index in [0.29, 0.717) is 0 Å². The highest BCUT2D eigenvalue weighted by molar-refractivity contribution is 14.1. The van der Waals surface area contributed by atoms with Gasteiger partial charge in [-0.25, -0.2) is 4.79 Å². The van der Waals surface area contributed by atoms with Crippen LogP contribution in [0.15, 0.2) is 0 Å². The average Bonchev–Trinajstić information content (AvgIpc) is 2.35. The van der Waals surface area contributed by atoms with Crippen molar-refractivity contribution in [3.63, 3.8) is 0 Å². The van der Waals surface area contributed by atoms with Crippen LogP contribution in [0.25, 0.3) is 0 Å². The molecule has 1 aliphatic heterocycles. The van der Waals surface area contributed by atoms with Gasteiger partial charge < -0.3 is 3.07 Å². The number of carbonyl (C=O) groups is 3. The molecule has 0 unspecified atom stereocenters. The van der Waals surface area contributed by atoms with E-state index in [1.807, 2.05) is 0 Å². The molecule has 12 heavy (non-hydrogen) atoms. The van der Waals surface area contributed by atoms with Crippen LogP contribution in [-0.2, 0) is 17.4 Å². The fraction of sp³-hybridized carbons (Fsp3) is 0.500. The minimum absolute atomic E-state index is 0.202. The van der Waals surface area contributed by atoms with Crippen LogP contribution in [0.4, 0.5) is 0 Å². The summed E-state index contributed by atoms with van der Waals surface area (Å²) in [7, 11) is 0. The molecule has 0 bridgehead atoms. The number of imide groups is 1. The number of halogens is 1. The Morgan fingerprint density at radius 1 is 1.42 bits per heavy atom. The maximum atomic E-state index is 10.9. The van der Waals surface area contributed by atoms with Crippen LogP contribution in [0.5, 0.6) is 0 Å². The first-order valence-corrected chi connectivity index (χ1v) is 4.18. The predicted octanol–water partition coefficient (Wildman–Crippen LogP) is 0.0286. The predicted molar refractivity (Wildman–Crippen MR) is 46.1 cm³/mol. The highest BCUT2D eigenvalue weighted by Crippen LogP contribution is 2.11. The Labute approximate surface area is 82.7 Å². The van der Waals surface area contributed by atoms with Gasteiger partial charge in [-0.2, -0.15) is 0 Å². The standard InChI is InChI=1S/C6H6INO4/c7-12-6(11)3-8-4(9)1-2-5(8)10/h1-3H2. The third-order valence-corrected chi connectivity index (χ3v) is 2.02. The maximum absolute atomic E-state index is 10.9. The molecule has 1 fully saturated rings. The van der Waals surface area contributed by atoms with Gasteiger partial charge in [0.2, 0.25) is 11.8 Å². The van der Waals surface area contributed by atoms with Gasteiger partial charge in [0.15, 0.2) is 23.0 Å². The number of carbonyl (C=O) groups excluding carboxylic acids is 3. The fourth-order valence-electron chi connectivity index (χ4n) is 0.953. The minimum atomic E-state index is -0.584. The monoisotopic (exact) mass is 283 g/mol. The second-order valence-corrected chi connectivity index (χ2v) is 2.76. The van der Waals surface area contributed by atoms with E-state index in [4.69, 9.17) is 0 Å². The molecule has 6 heteroatoms. The summed E-state index contributed by atoms with van der Waals surface area (Å²) in [5.41, 5.74) is 0. The lowest BCUT2D eigenvalue weighted by Crippen LogP contribution is -2.34. The Kier molecular flexibility index (Phi) is 3.01. The summed E-state index contributed by atoms with van der Waals surface area (Å²) in [6, 6.07) is 0. The van der Waals surface area contributed by atoms with Crippen molar-refractivity contribution in [2.75, 3.05) is 6.54 Å². The van der Waals surface area contributed by atoms with Crippen LogP contribution in [0.2, 0.25) is 0 Å². The summed E-state index contributed by atoms with van der Waals surface area (Å²) in [5.74, 6) is -1.19. The zero-order valence-corrected chi connectivity index (χ0v) is 8.24. The molecule has 1 heterocycles. The lowest BCUT2D eigenvalue weighted by atomic mass is 10.4. The molecule has 0 spiro atoms. The summed E-state index contributed by atoms with van der Waals surface area (Å²) in [5, 5.41) is 0. The highest BCUT2D eigenvalue weighted by atomic mass is 127. The van der Waals surface area contributed by atoms with Gasteiger partial charge in [-0.1, -0.05) is 0 Å². The Bertz CT molecular complexity index is 224. The first-order valence-electron chi connectivity index (χ1n) is 3.29. The Morgan fingerprint density at radius 2 is 1.92 bits per heavy atom. The van der Waals surface area contributed by atoms with E-state index >= 15 is 0 Å². The molecule has 0 aromatic heterocycles. The number of hydrogen-bond acceptors (Lipinski definition) is 4. The number of amides is 2. The number of likely N-dealkylation sites (tertiary alicyclic amines) is 1. The first kappa shape index (κ1) is 9.43. The lowest BCUT2D eigenvalue weighted by Gasteiger charge is -2.09. The van der Waals surface area contributed by atoms with Gasteiger partial charge in [0.05, 0.1) is 0 Å².